The Balaban J connectivity index is 1.75. The average Bonchev–Trinajstić information content (AvgIpc) is 2.57. The Bertz CT molecular complexity index is 575. The number of ether oxygens (including phenoxy) is 2. The van der Waals surface area contributed by atoms with Crippen LogP contribution in [-0.2, 0) is 9.53 Å². The highest BCUT2D eigenvalue weighted by Crippen LogP contribution is 2.17. The van der Waals surface area contributed by atoms with Crippen molar-refractivity contribution in [2.45, 2.75) is 13.5 Å². The smallest absolute Gasteiger partial charge is 0.409 e. The summed E-state index contributed by atoms with van der Waals surface area (Å²) in [5, 5.41) is 2.70. The van der Waals surface area contributed by atoms with Crippen molar-refractivity contribution in [3.8, 4) is 5.75 Å². The van der Waals surface area contributed by atoms with Gasteiger partial charge in [0.2, 0.25) is 5.91 Å². The van der Waals surface area contributed by atoms with E-state index in [1.807, 2.05) is 4.90 Å². The van der Waals surface area contributed by atoms with Gasteiger partial charge < -0.3 is 19.7 Å². The topological polar surface area (TPSA) is 71.1 Å². The zero-order chi connectivity index (χ0) is 18.2. The Labute approximate surface area is 144 Å². The highest BCUT2D eigenvalue weighted by molar-refractivity contribution is 5.92. The molecule has 2 amide bonds. The lowest BCUT2D eigenvalue weighted by Gasteiger charge is -2.33. The van der Waals surface area contributed by atoms with E-state index in [-0.39, 0.29) is 24.3 Å². The minimum atomic E-state index is -2.88. The zero-order valence-corrected chi connectivity index (χ0v) is 13.9. The van der Waals surface area contributed by atoms with Gasteiger partial charge in [-0.1, -0.05) is 0 Å². The summed E-state index contributed by atoms with van der Waals surface area (Å²) in [5.74, 6) is -0.185. The Morgan fingerprint density at radius 3 is 2.36 bits per heavy atom. The molecule has 0 atom stereocenters. The molecule has 0 aliphatic carbocycles. The van der Waals surface area contributed by atoms with E-state index < -0.39 is 6.61 Å². The fourth-order valence-corrected chi connectivity index (χ4v) is 2.43. The van der Waals surface area contributed by atoms with E-state index in [0.717, 1.165) is 0 Å². The van der Waals surface area contributed by atoms with E-state index in [4.69, 9.17) is 4.74 Å². The molecule has 9 heteroatoms. The van der Waals surface area contributed by atoms with Crippen LogP contribution in [0.5, 0.6) is 5.75 Å². The highest BCUT2D eigenvalue weighted by Gasteiger charge is 2.23. The van der Waals surface area contributed by atoms with E-state index in [1.165, 1.54) is 24.3 Å². The van der Waals surface area contributed by atoms with Crippen molar-refractivity contribution in [2.24, 2.45) is 0 Å². The standard InChI is InChI=1S/C16H21F2N3O4/c1-2-24-16(23)21-9-7-20(8-10-21)11-14(22)19-12-3-5-13(6-4-12)25-15(17)18/h3-6,15H,2,7-11H2,1H3,(H,19,22). The number of hydrogen-bond acceptors (Lipinski definition) is 5. The number of piperazine rings is 1. The van der Waals surface area contributed by atoms with Crippen LogP contribution in [0.15, 0.2) is 24.3 Å². The van der Waals surface area contributed by atoms with Crippen LogP contribution in [0.3, 0.4) is 0 Å². The van der Waals surface area contributed by atoms with Crippen LogP contribution in [0.4, 0.5) is 19.3 Å². The molecule has 138 valence electrons. The van der Waals surface area contributed by atoms with E-state index in [2.05, 4.69) is 10.1 Å². The Morgan fingerprint density at radius 2 is 1.80 bits per heavy atom. The van der Waals surface area contributed by atoms with Gasteiger partial charge >= 0.3 is 12.7 Å². The molecule has 1 aliphatic rings. The maximum atomic E-state index is 12.1. The quantitative estimate of drug-likeness (QED) is 0.843. The second-order valence-corrected chi connectivity index (χ2v) is 5.41. The summed E-state index contributed by atoms with van der Waals surface area (Å²) in [7, 11) is 0. The van der Waals surface area contributed by atoms with Gasteiger partial charge in [-0.2, -0.15) is 8.78 Å². The van der Waals surface area contributed by atoms with Crippen molar-refractivity contribution >= 4 is 17.7 Å². The molecule has 1 saturated heterocycles. The van der Waals surface area contributed by atoms with Crippen LogP contribution in [0.25, 0.3) is 0 Å². The van der Waals surface area contributed by atoms with Crippen molar-refractivity contribution in [1.29, 1.82) is 0 Å². The third-order valence-corrected chi connectivity index (χ3v) is 3.63. The van der Waals surface area contributed by atoms with Crippen molar-refractivity contribution < 1.29 is 27.8 Å². The monoisotopic (exact) mass is 357 g/mol. The first-order valence-corrected chi connectivity index (χ1v) is 7.96. The number of benzene rings is 1. The molecule has 25 heavy (non-hydrogen) atoms. The molecule has 1 fully saturated rings. The van der Waals surface area contributed by atoms with Crippen LogP contribution < -0.4 is 10.1 Å². The van der Waals surface area contributed by atoms with Gasteiger partial charge in [0.1, 0.15) is 5.75 Å². The van der Waals surface area contributed by atoms with Gasteiger partial charge in [-0.3, -0.25) is 9.69 Å². The van der Waals surface area contributed by atoms with Crippen LogP contribution in [0.1, 0.15) is 6.92 Å². The van der Waals surface area contributed by atoms with Crippen LogP contribution in [0, 0.1) is 0 Å². The number of nitrogens with zero attached hydrogens (tertiary/aromatic N) is 2. The molecule has 1 aliphatic heterocycles. The second-order valence-electron chi connectivity index (χ2n) is 5.41. The fourth-order valence-electron chi connectivity index (χ4n) is 2.43. The first-order valence-electron chi connectivity index (χ1n) is 7.96. The van der Waals surface area contributed by atoms with E-state index in [1.54, 1.807) is 11.8 Å². The van der Waals surface area contributed by atoms with Crippen molar-refractivity contribution in [1.82, 2.24) is 9.80 Å². The van der Waals surface area contributed by atoms with Crippen molar-refractivity contribution in [2.75, 3.05) is 44.6 Å². The van der Waals surface area contributed by atoms with Gasteiger partial charge in [0.05, 0.1) is 13.2 Å². The molecule has 2 rings (SSSR count). The summed E-state index contributed by atoms with van der Waals surface area (Å²) in [4.78, 5) is 27.2. The Morgan fingerprint density at radius 1 is 1.16 bits per heavy atom. The molecule has 1 aromatic carbocycles. The first-order chi connectivity index (χ1) is 12.0. The largest absolute Gasteiger partial charge is 0.450 e. The molecule has 0 saturated carbocycles. The number of anilines is 1. The Kier molecular flexibility index (Phi) is 6.93. The predicted octanol–water partition coefficient (Wildman–Crippen LogP) is 2.00. The minimum Gasteiger partial charge on any atom is -0.450 e. The molecule has 1 aromatic rings. The van der Waals surface area contributed by atoms with Gasteiger partial charge in [0, 0.05) is 31.9 Å². The zero-order valence-electron chi connectivity index (χ0n) is 13.9. The maximum absolute atomic E-state index is 12.1. The molecule has 0 aromatic heterocycles. The molecule has 0 radical (unpaired) electrons. The van der Waals surface area contributed by atoms with Crippen molar-refractivity contribution in [3.05, 3.63) is 24.3 Å². The normalized spacial score (nSPS) is 15.1. The van der Waals surface area contributed by atoms with Crippen molar-refractivity contribution in [3.63, 3.8) is 0 Å². The molecule has 1 N–H and O–H groups in total. The van der Waals surface area contributed by atoms with Crippen LogP contribution in [-0.4, -0.2) is 67.7 Å². The molecule has 0 spiro atoms. The predicted molar refractivity (Wildman–Crippen MR) is 86.7 cm³/mol. The summed E-state index contributed by atoms with van der Waals surface area (Å²) in [5.41, 5.74) is 0.497. The summed E-state index contributed by atoms with van der Waals surface area (Å²) in [6.45, 7) is 1.56. The number of amides is 2. The van der Waals surface area contributed by atoms with Gasteiger partial charge in [0.15, 0.2) is 0 Å². The summed E-state index contributed by atoms with van der Waals surface area (Å²) >= 11 is 0. The number of carbonyl (C=O) groups excluding carboxylic acids is 2. The van der Waals surface area contributed by atoms with Crippen LogP contribution in [0.2, 0.25) is 0 Å². The summed E-state index contributed by atoms with van der Waals surface area (Å²) in [6.07, 6.45) is -0.335. The number of carbonyl (C=O) groups is 2. The summed E-state index contributed by atoms with van der Waals surface area (Å²) < 4.78 is 33.4. The molecule has 1 heterocycles. The second kappa shape index (κ2) is 9.16. The van der Waals surface area contributed by atoms with Gasteiger partial charge in [-0.25, -0.2) is 4.79 Å². The summed E-state index contributed by atoms with van der Waals surface area (Å²) in [6, 6.07) is 5.71. The highest BCUT2D eigenvalue weighted by atomic mass is 19.3. The first kappa shape index (κ1) is 18.9. The number of rotatable bonds is 6. The van der Waals surface area contributed by atoms with E-state index >= 15 is 0 Å². The van der Waals surface area contributed by atoms with E-state index in [0.29, 0.717) is 38.5 Å². The molecular formula is C16H21F2N3O4. The average molecular weight is 357 g/mol. The van der Waals surface area contributed by atoms with E-state index in [9.17, 15) is 18.4 Å². The molecule has 0 unspecified atom stereocenters. The lowest BCUT2D eigenvalue weighted by molar-refractivity contribution is -0.117. The number of halogens is 2. The number of alkyl halides is 2. The SMILES string of the molecule is CCOC(=O)N1CCN(CC(=O)Nc2ccc(OC(F)F)cc2)CC1. The molecular weight excluding hydrogens is 336 g/mol. The third kappa shape index (κ3) is 6.18. The van der Waals surface area contributed by atoms with Gasteiger partial charge in [-0.15, -0.1) is 0 Å². The van der Waals surface area contributed by atoms with Crippen LogP contribution >= 0.6 is 0 Å². The minimum absolute atomic E-state index is 0.0306. The fraction of sp³-hybridized carbons (Fsp3) is 0.500. The molecule has 0 bridgehead atoms. The lowest BCUT2D eigenvalue weighted by Crippen LogP contribution is -2.50. The van der Waals surface area contributed by atoms with Gasteiger partial charge in [-0.05, 0) is 31.2 Å². The Hall–Kier alpha value is -2.42. The van der Waals surface area contributed by atoms with Gasteiger partial charge in [0.25, 0.3) is 0 Å². The number of hydrogen-bond donors (Lipinski definition) is 1. The number of nitrogens with one attached hydrogen (secondary N) is 1. The molecule has 7 nitrogen and oxygen atoms in total. The third-order valence-electron chi connectivity index (χ3n) is 3.63. The lowest BCUT2D eigenvalue weighted by atomic mass is 10.3. The maximum Gasteiger partial charge on any atom is 0.409 e.